The summed E-state index contributed by atoms with van der Waals surface area (Å²) in [5.74, 6) is 2.62. The lowest BCUT2D eigenvalue weighted by atomic mass is 9.81. The van der Waals surface area contributed by atoms with Crippen LogP contribution in [0.3, 0.4) is 0 Å². The van der Waals surface area contributed by atoms with Crippen molar-refractivity contribution in [1.29, 1.82) is 0 Å². The molecule has 0 radical (unpaired) electrons. The number of nitrogens with one attached hydrogen (secondary N) is 1. The zero-order valence-electron chi connectivity index (χ0n) is 11.3. The number of thioether (sulfide) groups is 1. The third-order valence-corrected chi connectivity index (χ3v) is 5.35. The summed E-state index contributed by atoms with van der Waals surface area (Å²) < 4.78 is 5.81. The van der Waals surface area contributed by atoms with Gasteiger partial charge in [-0.05, 0) is 25.7 Å². The first kappa shape index (κ1) is 13.2. The summed E-state index contributed by atoms with van der Waals surface area (Å²) in [5, 5.41) is 3.74. The maximum absolute atomic E-state index is 5.81. The van der Waals surface area contributed by atoms with Crippen LogP contribution in [0.1, 0.15) is 25.7 Å². The molecule has 104 valence electrons. The Balaban J connectivity index is 1.55. The third-order valence-electron chi connectivity index (χ3n) is 4.41. The van der Waals surface area contributed by atoms with Crippen LogP contribution in [0.25, 0.3) is 0 Å². The molecule has 3 nitrogen and oxygen atoms in total. The highest BCUT2D eigenvalue weighted by Crippen LogP contribution is 2.31. The Labute approximate surface area is 115 Å². The maximum Gasteiger partial charge on any atom is 0.0546 e. The number of ether oxygens (including phenoxy) is 1. The zero-order valence-corrected chi connectivity index (χ0v) is 12.1. The summed E-state index contributed by atoms with van der Waals surface area (Å²) >= 11 is 2.10. The van der Waals surface area contributed by atoms with E-state index in [0.717, 1.165) is 19.3 Å². The molecule has 0 aromatic heterocycles. The van der Waals surface area contributed by atoms with Gasteiger partial charge in [0.2, 0.25) is 0 Å². The summed E-state index contributed by atoms with van der Waals surface area (Å²) in [6.45, 7) is 6.90. The molecule has 3 aliphatic rings. The Bertz CT molecular complexity index is 259. The fourth-order valence-corrected chi connectivity index (χ4v) is 4.09. The summed E-state index contributed by atoms with van der Waals surface area (Å²) in [5.41, 5.74) is 0.392. The number of hydrogen-bond acceptors (Lipinski definition) is 4. The Kier molecular flexibility index (Phi) is 4.50. The van der Waals surface area contributed by atoms with Crippen LogP contribution in [0.5, 0.6) is 0 Å². The Morgan fingerprint density at radius 3 is 2.78 bits per heavy atom. The average molecular weight is 270 g/mol. The van der Waals surface area contributed by atoms with Crippen molar-refractivity contribution in [2.45, 2.75) is 31.7 Å². The predicted octanol–water partition coefficient (Wildman–Crippen LogP) is 1.58. The Morgan fingerprint density at radius 1 is 1.28 bits per heavy atom. The van der Waals surface area contributed by atoms with Crippen molar-refractivity contribution in [2.75, 3.05) is 50.9 Å². The van der Waals surface area contributed by atoms with E-state index in [9.17, 15) is 0 Å². The molecule has 2 aliphatic heterocycles. The van der Waals surface area contributed by atoms with Gasteiger partial charge in [0.1, 0.15) is 0 Å². The highest BCUT2D eigenvalue weighted by molar-refractivity contribution is 7.99. The minimum Gasteiger partial charge on any atom is -0.381 e. The minimum absolute atomic E-state index is 0.392. The topological polar surface area (TPSA) is 24.5 Å². The summed E-state index contributed by atoms with van der Waals surface area (Å²) in [6.07, 6.45) is 5.36. The van der Waals surface area contributed by atoms with E-state index in [4.69, 9.17) is 4.74 Å². The molecule has 1 atom stereocenters. The van der Waals surface area contributed by atoms with Crippen LogP contribution < -0.4 is 5.32 Å². The molecule has 3 rings (SSSR count). The van der Waals surface area contributed by atoms with Crippen LogP contribution >= 0.6 is 11.8 Å². The van der Waals surface area contributed by atoms with Gasteiger partial charge in [-0.25, -0.2) is 0 Å². The fraction of sp³-hybridized carbons (Fsp3) is 1.00. The zero-order chi connectivity index (χ0) is 12.3. The van der Waals surface area contributed by atoms with Crippen molar-refractivity contribution in [3.63, 3.8) is 0 Å². The van der Waals surface area contributed by atoms with Gasteiger partial charge < -0.3 is 15.0 Å². The van der Waals surface area contributed by atoms with E-state index in [1.165, 1.54) is 63.4 Å². The van der Waals surface area contributed by atoms with Crippen LogP contribution in [0.15, 0.2) is 0 Å². The molecule has 1 N–H and O–H groups in total. The van der Waals surface area contributed by atoms with E-state index in [1.54, 1.807) is 0 Å². The van der Waals surface area contributed by atoms with Crippen LogP contribution in [-0.4, -0.2) is 61.8 Å². The molecule has 0 bridgehead atoms. The van der Waals surface area contributed by atoms with E-state index in [0.29, 0.717) is 5.41 Å². The SMILES string of the molecule is C1COCC(CNC2CC2)(CN2CCSCC2)C1. The summed E-state index contributed by atoms with van der Waals surface area (Å²) in [6, 6.07) is 0.820. The Hall–Kier alpha value is 0.230. The summed E-state index contributed by atoms with van der Waals surface area (Å²) in [4.78, 5) is 2.67. The van der Waals surface area contributed by atoms with Gasteiger partial charge in [0, 0.05) is 55.7 Å². The third kappa shape index (κ3) is 3.62. The molecular weight excluding hydrogens is 244 g/mol. The highest BCUT2D eigenvalue weighted by Gasteiger charge is 2.36. The molecule has 0 amide bonds. The molecular formula is C14H26N2OS. The quantitative estimate of drug-likeness (QED) is 0.820. The first-order chi connectivity index (χ1) is 8.86. The van der Waals surface area contributed by atoms with Gasteiger partial charge in [0.25, 0.3) is 0 Å². The molecule has 0 aromatic rings. The number of hydrogen-bond donors (Lipinski definition) is 1. The van der Waals surface area contributed by atoms with Crippen LogP contribution in [-0.2, 0) is 4.74 Å². The smallest absolute Gasteiger partial charge is 0.0546 e. The van der Waals surface area contributed by atoms with Gasteiger partial charge in [-0.3, -0.25) is 0 Å². The van der Waals surface area contributed by atoms with Gasteiger partial charge in [-0.15, -0.1) is 0 Å². The minimum atomic E-state index is 0.392. The lowest BCUT2D eigenvalue weighted by Crippen LogP contribution is -2.51. The number of nitrogens with zero attached hydrogens (tertiary/aromatic N) is 1. The van der Waals surface area contributed by atoms with Crippen molar-refractivity contribution >= 4 is 11.8 Å². The molecule has 18 heavy (non-hydrogen) atoms. The largest absolute Gasteiger partial charge is 0.381 e. The van der Waals surface area contributed by atoms with E-state index in [2.05, 4.69) is 22.0 Å². The normalized spacial score (nSPS) is 34.7. The molecule has 0 spiro atoms. The van der Waals surface area contributed by atoms with Crippen molar-refractivity contribution in [3.8, 4) is 0 Å². The fourth-order valence-electron chi connectivity index (χ4n) is 3.11. The maximum atomic E-state index is 5.81. The van der Waals surface area contributed by atoms with Crippen LogP contribution in [0.2, 0.25) is 0 Å². The first-order valence-corrected chi connectivity index (χ1v) is 8.63. The van der Waals surface area contributed by atoms with Gasteiger partial charge in [-0.1, -0.05) is 0 Å². The molecule has 1 unspecified atom stereocenters. The molecule has 3 fully saturated rings. The van der Waals surface area contributed by atoms with Crippen LogP contribution in [0, 0.1) is 5.41 Å². The number of rotatable bonds is 5. The average Bonchev–Trinajstić information content (AvgIpc) is 3.23. The van der Waals surface area contributed by atoms with Crippen LogP contribution in [0.4, 0.5) is 0 Å². The standard InChI is InChI=1S/C14H26N2OS/c1-4-14(12-17-7-1,10-15-13-2-3-13)11-16-5-8-18-9-6-16/h13,15H,1-12H2. The van der Waals surface area contributed by atoms with E-state index in [-0.39, 0.29) is 0 Å². The van der Waals surface area contributed by atoms with Gasteiger partial charge in [0.15, 0.2) is 0 Å². The van der Waals surface area contributed by atoms with Gasteiger partial charge >= 0.3 is 0 Å². The molecule has 2 heterocycles. The molecule has 0 aromatic carbocycles. The molecule has 1 aliphatic carbocycles. The summed E-state index contributed by atoms with van der Waals surface area (Å²) in [7, 11) is 0. The predicted molar refractivity (Wildman–Crippen MR) is 77.3 cm³/mol. The Morgan fingerprint density at radius 2 is 2.11 bits per heavy atom. The second-order valence-electron chi connectivity index (χ2n) is 6.20. The van der Waals surface area contributed by atoms with E-state index < -0.39 is 0 Å². The van der Waals surface area contributed by atoms with Crippen molar-refractivity contribution in [2.24, 2.45) is 5.41 Å². The van der Waals surface area contributed by atoms with Crippen molar-refractivity contribution in [3.05, 3.63) is 0 Å². The lowest BCUT2D eigenvalue weighted by Gasteiger charge is -2.42. The molecule has 2 saturated heterocycles. The van der Waals surface area contributed by atoms with Gasteiger partial charge in [-0.2, -0.15) is 11.8 Å². The van der Waals surface area contributed by atoms with E-state index >= 15 is 0 Å². The van der Waals surface area contributed by atoms with E-state index in [1.807, 2.05) is 0 Å². The molecule has 4 heteroatoms. The highest BCUT2D eigenvalue weighted by atomic mass is 32.2. The second kappa shape index (κ2) is 6.12. The van der Waals surface area contributed by atoms with Crippen molar-refractivity contribution in [1.82, 2.24) is 10.2 Å². The second-order valence-corrected chi connectivity index (χ2v) is 7.42. The first-order valence-electron chi connectivity index (χ1n) is 7.48. The van der Waals surface area contributed by atoms with Gasteiger partial charge in [0.05, 0.1) is 6.61 Å². The van der Waals surface area contributed by atoms with Crippen molar-refractivity contribution < 1.29 is 4.74 Å². The molecule has 1 saturated carbocycles. The monoisotopic (exact) mass is 270 g/mol. The lowest BCUT2D eigenvalue weighted by molar-refractivity contribution is -0.0250.